The minimum absolute atomic E-state index is 0.809. The summed E-state index contributed by atoms with van der Waals surface area (Å²) in [6.45, 7) is 7.36. The van der Waals surface area contributed by atoms with Crippen molar-refractivity contribution in [3.8, 4) is 0 Å². The predicted octanol–water partition coefficient (Wildman–Crippen LogP) is 4.48. The van der Waals surface area contributed by atoms with E-state index < -0.39 is 0 Å². The van der Waals surface area contributed by atoms with Gasteiger partial charge in [-0.3, -0.25) is 4.90 Å². The van der Waals surface area contributed by atoms with E-state index in [0.29, 0.717) is 0 Å². The summed E-state index contributed by atoms with van der Waals surface area (Å²) in [5.41, 5.74) is 3.65. The van der Waals surface area contributed by atoms with Gasteiger partial charge in [0.1, 0.15) is 0 Å². The van der Waals surface area contributed by atoms with Crippen LogP contribution in [-0.2, 0) is 6.67 Å². The standard InChI is InChI=1S/C16H22N4S2/c1-12-6-7-14(10-13(12)2)17-15-18-20(16(21)22-15)11-19-8-4-3-5-9-19/h6-7,10H,3-5,8-9,11H2,1-2H3,(H,17,18). The van der Waals surface area contributed by atoms with Gasteiger partial charge in [-0.05, 0) is 75.3 Å². The van der Waals surface area contributed by atoms with Crippen LogP contribution in [0.5, 0.6) is 0 Å². The summed E-state index contributed by atoms with van der Waals surface area (Å²) in [5, 5.41) is 8.87. The van der Waals surface area contributed by atoms with E-state index in [1.54, 1.807) is 0 Å². The number of piperidine rings is 1. The summed E-state index contributed by atoms with van der Waals surface area (Å²) < 4.78 is 2.77. The quantitative estimate of drug-likeness (QED) is 0.836. The molecule has 0 saturated carbocycles. The van der Waals surface area contributed by atoms with Gasteiger partial charge in [0.15, 0.2) is 3.95 Å². The Morgan fingerprint density at radius 1 is 1.18 bits per heavy atom. The van der Waals surface area contributed by atoms with Gasteiger partial charge >= 0.3 is 0 Å². The molecule has 0 atom stereocenters. The van der Waals surface area contributed by atoms with Crippen LogP contribution in [0, 0.1) is 17.8 Å². The zero-order valence-corrected chi connectivity index (χ0v) is 14.8. The van der Waals surface area contributed by atoms with Crippen LogP contribution in [0.4, 0.5) is 10.8 Å². The van der Waals surface area contributed by atoms with E-state index in [-0.39, 0.29) is 0 Å². The molecule has 2 heterocycles. The van der Waals surface area contributed by atoms with Gasteiger partial charge in [0, 0.05) is 5.69 Å². The van der Waals surface area contributed by atoms with Gasteiger partial charge in [-0.2, -0.15) is 0 Å². The summed E-state index contributed by atoms with van der Waals surface area (Å²) in [6, 6.07) is 6.36. The van der Waals surface area contributed by atoms with Crippen molar-refractivity contribution in [2.45, 2.75) is 39.8 Å². The number of hydrogen-bond acceptors (Lipinski definition) is 5. The summed E-state index contributed by atoms with van der Waals surface area (Å²) in [4.78, 5) is 2.43. The normalized spacial score (nSPS) is 15.9. The first-order valence-corrected chi connectivity index (χ1v) is 8.99. The highest BCUT2D eigenvalue weighted by Gasteiger charge is 2.12. The Kier molecular flexibility index (Phi) is 4.90. The van der Waals surface area contributed by atoms with E-state index in [0.717, 1.165) is 34.5 Å². The molecule has 0 spiro atoms. The molecule has 0 radical (unpaired) electrons. The molecule has 0 unspecified atom stereocenters. The molecule has 118 valence electrons. The Labute approximate surface area is 140 Å². The molecule has 3 rings (SSSR count). The zero-order chi connectivity index (χ0) is 15.5. The van der Waals surface area contributed by atoms with Gasteiger partial charge in [0.25, 0.3) is 0 Å². The third-order valence-corrected chi connectivity index (χ3v) is 5.37. The Morgan fingerprint density at radius 3 is 2.68 bits per heavy atom. The van der Waals surface area contributed by atoms with Crippen LogP contribution < -0.4 is 5.32 Å². The van der Waals surface area contributed by atoms with E-state index in [1.807, 2.05) is 4.68 Å². The third-order valence-electron chi connectivity index (χ3n) is 4.15. The first-order valence-electron chi connectivity index (χ1n) is 7.76. The van der Waals surface area contributed by atoms with Gasteiger partial charge in [-0.25, -0.2) is 4.68 Å². The number of benzene rings is 1. The highest BCUT2D eigenvalue weighted by molar-refractivity contribution is 7.73. The van der Waals surface area contributed by atoms with Gasteiger partial charge in [0.2, 0.25) is 5.13 Å². The maximum atomic E-state index is 5.46. The smallest absolute Gasteiger partial charge is 0.209 e. The number of likely N-dealkylation sites (tertiary alicyclic amines) is 1. The lowest BCUT2D eigenvalue weighted by atomic mass is 10.1. The topological polar surface area (TPSA) is 33.1 Å². The lowest BCUT2D eigenvalue weighted by molar-refractivity contribution is 0.173. The van der Waals surface area contributed by atoms with Crippen molar-refractivity contribution in [3.05, 3.63) is 33.3 Å². The second-order valence-corrected chi connectivity index (χ2v) is 7.54. The van der Waals surface area contributed by atoms with Gasteiger partial charge in [-0.1, -0.05) is 23.8 Å². The summed E-state index contributed by atoms with van der Waals surface area (Å²) in [7, 11) is 0. The highest BCUT2D eigenvalue weighted by Crippen LogP contribution is 2.22. The lowest BCUT2D eigenvalue weighted by Crippen LogP contribution is -2.32. The van der Waals surface area contributed by atoms with E-state index in [9.17, 15) is 0 Å². The van der Waals surface area contributed by atoms with Crippen molar-refractivity contribution < 1.29 is 0 Å². The molecular weight excluding hydrogens is 312 g/mol. The molecule has 1 aromatic heterocycles. The average Bonchev–Trinajstić information content (AvgIpc) is 2.84. The number of anilines is 2. The number of hydrogen-bond donors (Lipinski definition) is 1. The van der Waals surface area contributed by atoms with Gasteiger partial charge in [0.05, 0.1) is 6.67 Å². The van der Waals surface area contributed by atoms with Crippen LogP contribution in [0.15, 0.2) is 18.2 Å². The maximum absolute atomic E-state index is 5.46. The maximum Gasteiger partial charge on any atom is 0.209 e. The molecule has 1 fully saturated rings. The fourth-order valence-corrected chi connectivity index (χ4v) is 3.69. The third kappa shape index (κ3) is 3.74. The Bertz CT molecular complexity index is 698. The van der Waals surface area contributed by atoms with Crippen LogP contribution >= 0.6 is 23.6 Å². The van der Waals surface area contributed by atoms with Crippen LogP contribution in [0.3, 0.4) is 0 Å². The van der Waals surface area contributed by atoms with Crippen LogP contribution in [-0.4, -0.2) is 27.8 Å². The van der Waals surface area contributed by atoms with Crippen molar-refractivity contribution in [1.82, 2.24) is 14.7 Å². The zero-order valence-electron chi connectivity index (χ0n) is 13.1. The van der Waals surface area contributed by atoms with E-state index >= 15 is 0 Å². The predicted molar refractivity (Wildman–Crippen MR) is 95.6 cm³/mol. The molecule has 4 nitrogen and oxygen atoms in total. The molecule has 0 amide bonds. The van der Waals surface area contributed by atoms with Crippen molar-refractivity contribution in [3.63, 3.8) is 0 Å². The summed E-state index contributed by atoms with van der Waals surface area (Å²) >= 11 is 6.99. The fraction of sp³-hybridized carbons (Fsp3) is 0.500. The number of rotatable bonds is 4. The number of aromatic nitrogens is 2. The van der Waals surface area contributed by atoms with Gasteiger partial charge < -0.3 is 5.32 Å². The minimum Gasteiger partial charge on any atom is -0.330 e. The first kappa shape index (κ1) is 15.6. The highest BCUT2D eigenvalue weighted by atomic mass is 32.1. The molecule has 1 saturated heterocycles. The minimum atomic E-state index is 0.809. The van der Waals surface area contributed by atoms with Crippen molar-refractivity contribution in [2.75, 3.05) is 18.4 Å². The van der Waals surface area contributed by atoms with E-state index in [4.69, 9.17) is 12.2 Å². The number of aryl methyl sites for hydroxylation is 2. The second kappa shape index (κ2) is 6.89. The molecule has 0 bridgehead atoms. The molecule has 1 aliphatic rings. The number of nitrogens with zero attached hydrogens (tertiary/aromatic N) is 3. The molecule has 1 aliphatic heterocycles. The molecule has 1 N–H and O–H groups in total. The molecular formula is C16H22N4S2. The fourth-order valence-electron chi connectivity index (χ4n) is 2.68. The Morgan fingerprint density at radius 2 is 1.95 bits per heavy atom. The van der Waals surface area contributed by atoms with Crippen molar-refractivity contribution in [2.24, 2.45) is 0 Å². The largest absolute Gasteiger partial charge is 0.330 e. The Balaban J connectivity index is 1.71. The monoisotopic (exact) mass is 334 g/mol. The van der Waals surface area contributed by atoms with Crippen LogP contribution in [0.25, 0.3) is 0 Å². The van der Waals surface area contributed by atoms with E-state index in [2.05, 4.69) is 47.4 Å². The molecule has 6 heteroatoms. The summed E-state index contributed by atoms with van der Waals surface area (Å²) in [6.07, 6.45) is 3.91. The van der Waals surface area contributed by atoms with Crippen LogP contribution in [0.1, 0.15) is 30.4 Å². The van der Waals surface area contributed by atoms with Crippen molar-refractivity contribution >= 4 is 34.4 Å². The second-order valence-electron chi connectivity index (χ2n) is 5.92. The van der Waals surface area contributed by atoms with Crippen molar-refractivity contribution in [1.29, 1.82) is 0 Å². The Hall–Kier alpha value is -1.24. The molecule has 22 heavy (non-hydrogen) atoms. The average molecular weight is 335 g/mol. The van der Waals surface area contributed by atoms with Gasteiger partial charge in [-0.15, -0.1) is 5.10 Å². The molecule has 1 aromatic carbocycles. The van der Waals surface area contributed by atoms with E-state index in [1.165, 1.54) is 41.7 Å². The summed E-state index contributed by atoms with van der Waals surface area (Å²) in [5.74, 6) is 0. The first-order chi connectivity index (χ1) is 10.6. The number of nitrogens with one attached hydrogen (secondary N) is 1. The molecule has 0 aliphatic carbocycles. The lowest BCUT2D eigenvalue weighted by Gasteiger charge is -2.25. The molecule has 2 aromatic rings. The van der Waals surface area contributed by atoms with Crippen LogP contribution in [0.2, 0.25) is 0 Å². The SMILES string of the molecule is Cc1ccc(Nc2nn(CN3CCCCC3)c(=S)s2)cc1C.